The average molecular weight is 669 g/mol. The Bertz CT molecular complexity index is 1220. The van der Waals surface area contributed by atoms with Crippen LogP contribution < -0.4 is 0 Å². The van der Waals surface area contributed by atoms with Crippen LogP contribution in [0.1, 0.15) is 64.5 Å². The first-order chi connectivity index (χ1) is 17.4. The molecule has 6 heteroatoms. The Hall–Kier alpha value is -2.67. The highest BCUT2D eigenvalue weighted by atomic mass is 79.9. The molecule has 36 heavy (non-hydrogen) atoms. The van der Waals surface area contributed by atoms with Gasteiger partial charge in [0.1, 0.15) is 0 Å². The Morgan fingerprint density at radius 3 is 0.806 bits per heavy atom. The molecule has 0 unspecified atom stereocenters. The van der Waals surface area contributed by atoms with Crippen LogP contribution in [0.3, 0.4) is 0 Å². The second-order valence-electron chi connectivity index (χ2n) is 8.28. The summed E-state index contributed by atoms with van der Waals surface area (Å²) in [5.41, 5.74) is 5.50. The summed E-state index contributed by atoms with van der Waals surface area (Å²) in [7, 11) is 0. The van der Waals surface area contributed by atoms with Gasteiger partial charge in [-0.25, -0.2) is 0 Å². The minimum atomic E-state index is -0.246. The molecule has 0 heterocycles. The minimum absolute atomic E-state index is 0.246. The number of halogens is 3. The lowest BCUT2D eigenvalue weighted by Crippen LogP contribution is -2.11. The first-order valence-corrected chi connectivity index (χ1v) is 14.5. The van der Waals surface area contributed by atoms with Gasteiger partial charge >= 0.3 is 0 Å². The monoisotopic (exact) mass is 666 g/mol. The minimum Gasteiger partial charge on any atom is -0.289 e. The second-order valence-corrected chi connectivity index (χ2v) is 9.96. The van der Waals surface area contributed by atoms with E-state index in [0.717, 1.165) is 16.7 Å². The topological polar surface area (TPSA) is 51.2 Å². The molecular weight excluding hydrogens is 648 g/mol. The van der Waals surface area contributed by atoms with Crippen molar-refractivity contribution in [2.24, 2.45) is 0 Å². The lowest BCUT2D eigenvalue weighted by Gasteiger charge is -2.10. The molecule has 180 valence electrons. The normalized spacial score (nSPS) is 10.8. The van der Waals surface area contributed by atoms with E-state index in [0.29, 0.717) is 49.4 Å². The number of carbonyl (C=O) groups is 3. The molecule has 4 aromatic rings. The first kappa shape index (κ1) is 26.4. The predicted octanol–water partition coefficient (Wildman–Crippen LogP) is 8.06. The number of rotatable bonds is 9. The third-order valence-corrected chi connectivity index (χ3v) is 7.77. The second kappa shape index (κ2) is 12.0. The van der Waals surface area contributed by atoms with Crippen molar-refractivity contribution >= 4 is 65.1 Å². The summed E-state index contributed by atoms with van der Waals surface area (Å²) in [6.45, 7) is 0. The zero-order chi connectivity index (χ0) is 25.7. The number of alkyl halides is 3. The Morgan fingerprint density at radius 1 is 0.389 bits per heavy atom. The molecule has 0 aliphatic carbocycles. The van der Waals surface area contributed by atoms with Crippen LogP contribution in [0, 0.1) is 0 Å². The van der Waals surface area contributed by atoms with E-state index in [-0.39, 0.29) is 17.3 Å². The highest BCUT2D eigenvalue weighted by Crippen LogP contribution is 2.22. The highest BCUT2D eigenvalue weighted by molar-refractivity contribution is 9.09. The molecule has 3 nitrogen and oxygen atoms in total. The molecule has 0 aliphatic rings. The molecule has 0 aromatic heterocycles. The molecule has 0 aliphatic heterocycles. The average Bonchev–Trinajstić information content (AvgIpc) is 2.95. The summed E-state index contributed by atoms with van der Waals surface area (Å²) in [5.74, 6) is -0.739. The maximum absolute atomic E-state index is 13.4. The van der Waals surface area contributed by atoms with Gasteiger partial charge < -0.3 is 0 Å². The molecule has 0 N–H and O–H groups in total. The number of benzene rings is 4. The Morgan fingerprint density at radius 2 is 0.611 bits per heavy atom. The lowest BCUT2D eigenvalue weighted by atomic mass is 9.92. The number of carbonyl (C=O) groups excluding carboxylic acids is 3. The molecule has 0 radical (unpaired) electrons. The van der Waals surface area contributed by atoms with Crippen molar-refractivity contribution in [1.29, 1.82) is 0 Å². The quantitative estimate of drug-likeness (QED) is 0.134. The van der Waals surface area contributed by atoms with Crippen molar-refractivity contribution in [2.45, 2.75) is 16.0 Å². The summed E-state index contributed by atoms with van der Waals surface area (Å²) in [6.07, 6.45) is 0. The van der Waals surface area contributed by atoms with Gasteiger partial charge in [0, 0.05) is 49.4 Å². The van der Waals surface area contributed by atoms with Crippen LogP contribution in [0.5, 0.6) is 0 Å². The maximum Gasteiger partial charge on any atom is 0.193 e. The molecule has 4 aromatic carbocycles. The molecular formula is C30H21Br3O3. The van der Waals surface area contributed by atoms with Crippen molar-refractivity contribution in [2.75, 3.05) is 0 Å². The third-order valence-electron chi connectivity index (χ3n) is 5.83. The van der Waals surface area contributed by atoms with E-state index in [9.17, 15) is 14.4 Å². The first-order valence-electron chi connectivity index (χ1n) is 11.2. The molecule has 0 amide bonds. The molecule has 0 spiro atoms. The summed E-state index contributed by atoms with van der Waals surface area (Å²) in [6, 6.07) is 26.5. The van der Waals surface area contributed by atoms with E-state index in [1.54, 1.807) is 54.6 Å². The van der Waals surface area contributed by atoms with Crippen LogP contribution in [0.2, 0.25) is 0 Å². The fraction of sp³-hybridized carbons (Fsp3) is 0.100. The molecule has 4 rings (SSSR count). The molecule has 0 saturated carbocycles. The number of hydrogen-bond donors (Lipinski definition) is 0. The van der Waals surface area contributed by atoms with Crippen LogP contribution in [-0.4, -0.2) is 17.3 Å². The Kier molecular flexibility index (Phi) is 8.83. The van der Waals surface area contributed by atoms with E-state index in [4.69, 9.17) is 0 Å². The van der Waals surface area contributed by atoms with E-state index in [2.05, 4.69) is 47.8 Å². The van der Waals surface area contributed by atoms with E-state index in [1.807, 2.05) is 36.4 Å². The van der Waals surface area contributed by atoms with Crippen molar-refractivity contribution in [3.8, 4) is 0 Å². The summed E-state index contributed by atoms with van der Waals surface area (Å²) in [5, 5.41) is 2.06. The van der Waals surface area contributed by atoms with Crippen LogP contribution in [0.4, 0.5) is 0 Å². The summed E-state index contributed by atoms with van der Waals surface area (Å²) >= 11 is 10.2. The van der Waals surface area contributed by atoms with Gasteiger partial charge in [0.2, 0.25) is 0 Å². The standard InChI is InChI=1S/C30H21Br3O3/c31-16-19-1-7-22(8-2-19)28(34)25-13-26(29(35)23-9-3-20(17-32)4-10-23)15-27(14-25)30(36)24-11-5-21(18-33)6-12-24/h1-15H,16-18H2. The zero-order valence-electron chi connectivity index (χ0n) is 19.1. The smallest absolute Gasteiger partial charge is 0.193 e. The zero-order valence-corrected chi connectivity index (χ0v) is 23.9. The van der Waals surface area contributed by atoms with E-state index < -0.39 is 0 Å². The Balaban J connectivity index is 1.78. The van der Waals surface area contributed by atoms with Gasteiger partial charge in [-0.05, 0) is 34.9 Å². The van der Waals surface area contributed by atoms with Crippen LogP contribution in [0.15, 0.2) is 91.0 Å². The van der Waals surface area contributed by atoms with Crippen molar-refractivity contribution in [1.82, 2.24) is 0 Å². The van der Waals surface area contributed by atoms with E-state index >= 15 is 0 Å². The van der Waals surface area contributed by atoms with E-state index in [1.165, 1.54) is 0 Å². The number of hydrogen-bond acceptors (Lipinski definition) is 3. The fourth-order valence-electron chi connectivity index (χ4n) is 3.76. The Labute approximate surface area is 235 Å². The van der Waals surface area contributed by atoms with Gasteiger partial charge in [-0.15, -0.1) is 0 Å². The van der Waals surface area contributed by atoms with Gasteiger partial charge in [0.25, 0.3) is 0 Å². The third kappa shape index (κ3) is 6.00. The van der Waals surface area contributed by atoms with Gasteiger partial charge in [-0.1, -0.05) is 121 Å². The van der Waals surface area contributed by atoms with Crippen molar-refractivity contribution in [3.63, 3.8) is 0 Å². The van der Waals surface area contributed by atoms with Crippen LogP contribution in [-0.2, 0) is 16.0 Å². The van der Waals surface area contributed by atoms with Gasteiger partial charge in [-0.2, -0.15) is 0 Å². The summed E-state index contributed by atoms with van der Waals surface area (Å²) in [4.78, 5) is 40.2. The lowest BCUT2D eigenvalue weighted by molar-refractivity contribution is 0.103. The van der Waals surface area contributed by atoms with Crippen LogP contribution in [0.25, 0.3) is 0 Å². The molecule has 0 bridgehead atoms. The molecule has 0 saturated heterocycles. The van der Waals surface area contributed by atoms with Gasteiger partial charge in [0.05, 0.1) is 0 Å². The predicted molar refractivity (Wildman–Crippen MR) is 154 cm³/mol. The van der Waals surface area contributed by atoms with Crippen LogP contribution >= 0.6 is 47.8 Å². The fourth-order valence-corrected chi connectivity index (χ4v) is 4.88. The van der Waals surface area contributed by atoms with Crippen molar-refractivity contribution < 1.29 is 14.4 Å². The van der Waals surface area contributed by atoms with Crippen molar-refractivity contribution in [3.05, 3.63) is 141 Å². The van der Waals surface area contributed by atoms with Gasteiger partial charge in [-0.3, -0.25) is 14.4 Å². The summed E-state index contributed by atoms with van der Waals surface area (Å²) < 4.78 is 0. The molecule has 0 fully saturated rings. The highest BCUT2D eigenvalue weighted by Gasteiger charge is 2.19. The number of ketones is 3. The SMILES string of the molecule is O=C(c1ccc(CBr)cc1)c1cc(C(=O)c2ccc(CBr)cc2)cc(C(=O)c2ccc(CBr)cc2)c1. The largest absolute Gasteiger partial charge is 0.289 e. The van der Waals surface area contributed by atoms with Gasteiger partial charge in [0.15, 0.2) is 17.3 Å². The molecule has 0 atom stereocenters. The maximum atomic E-state index is 13.4.